The third-order valence-corrected chi connectivity index (χ3v) is 7.26. The molecule has 0 saturated carbocycles. The summed E-state index contributed by atoms with van der Waals surface area (Å²) in [5.41, 5.74) is 0.935. The molecular weight excluding hydrogens is 332 g/mol. The molecule has 1 atom stereocenters. The molecule has 0 radical (unpaired) electrons. The maximum Gasteiger partial charge on any atom is 0.250 e. The zero-order valence-corrected chi connectivity index (χ0v) is 14.7. The van der Waals surface area contributed by atoms with E-state index in [2.05, 4.69) is 4.72 Å². The third-order valence-electron chi connectivity index (χ3n) is 4.44. The SMILES string of the molecule is O=C(C1=CCCC1)N1CCC[C@H](CNS(=O)(=O)c2cccs2)C1. The number of carbonyl (C=O) groups excluding carboxylic acids is 1. The maximum absolute atomic E-state index is 12.5. The molecule has 0 spiro atoms. The van der Waals surface area contributed by atoms with Crippen molar-refractivity contribution in [3.63, 3.8) is 0 Å². The lowest BCUT2D eigenvalue weighted by Crippen LogP contribution is -2.44. The molecule has 1 aliphatic heterocycles. The highest BCUT2D eigenvalue weighted by molar-refractivity contribution is 7.91. The molecule has 1 aliphatic carbocycles. The first-order chi connectivity index (χ1) is 11.1. The maximum atomic E-state index is 12.5. The van der Waals surface area contributed by atoms with Crippen LogP contribution in [0, 0.1) is 5.92 Å². The zero-order chi connectivity index (χ0) is 16.3. The highest BCUT2D eigenvalue weighted by Crippen LogP contribution is 2.24. The number of hydrogen-bond donors (Lipinski definition) is 1. The van der Waals surface area contributed by atoms with Crippen LogP contribution in [0.2, 0.25) is 0 Å². The fraction of sp³-hybridized carbons (Fsp3) is 0.562. The normalized spacial score (nSPS) is 22.2. The van der Waals surface area contributed by atoms with Gasteiger partial charge in [0.2, 0.25) is 15.9 Å². The summed E-state index contributed by atoms with van der Waals surface area (Å²) in [4.78, 5) is 14.3. The number of allylic oxidation sites excluding steroid dienone is 1. The fourth-order valence-corrected chi connectivity index (χ4v) is 5.35. The van der Waals surface area contributed by atoms with Crippen LogP contribution in [0.5, 0.6) is 0 Å². The summed E-state index contributed by atoms with van der Waals surface area (Å²) in [6, 6.07) is 3.34. The average molecular weight is 354 g/mol. The minimum absolute atomic E-state index is 0.147. The second-order valence-electron chi connectivity index (χ2n) is 6.16. The summed E-state index contributed by atoms with van der Waals surface area (Å²) < 4.78 is 27.4. The van der Waals surface area contributed by atoms with E-state index < -0.39 is 10.0 Å². The first-order valence-electron chi connectivity index (χ1n) is 8.08. The highest BCUT2D eigenvalue weighted by Gasteiger charge is 2.27. The summed E-state index contributed by atoms with van der Waals surface area (Å²) in [6.45, 7) is 1.82. The van der Waals surface area contributed by atoms with Crippen LogP contribution < -0.4 is 4.72 Å². The van der Waals surface area contributed by atoms with E-state index in [-0.39, 0.29) is 11.8 Å². The van der Waals surface area contributed by atoms with E-state index in [0.717, 1.165) is 44.2 Å². The van der Waals surface area contributed by atoms with Crippen molar-refractivity contribution in [1.82, 2.24) is 9.62 Å². The number of piperidine rings is 1. The Morgan fingerprint density at radius 1 is 1.39 bits per heavy atom. The Balaban J connectivity index is 1.56. The molecule has 2 heterocycles. The Morgan fingerprint density at radius 3 is 2.96 bits per heavy atom. The number of hydrogen-bond acceptors (Lipinski definition) is 4. The Morgan fingerprint density at radius 2 is 2.26 bits per heavy atom. The van der Waals surface area contributed by atoms with Crippen LogP contribution in [-0.2, 0) is 14.8 Å². The predicted molar refractivity (Wildman–Crippen MR) is 90.7 cm³/mol. The molecule has 1 fully saturated rings. The van der Waals surface area contributed by atoms with Gasteiger partial charge >= 0.3 is 0 Å². The molecule has 1 amide bonds. The number of thiophene rings is 1. The van der Waals surface area contributed by atoms with E-state index in [1.54, 1.807) is 17.5 Å². The van der Waals surface area contributed by atoms with Gasteiger partial charge < -0.3 is 4.90 Å². The van der Waals surface area contributed by atoms with Gasteiger partial charge in [-0.05, 0) is 49.5 Å². The van der Waals surface area contributed by atoms with Crippen LogP contribution in [0.4, 0.5) is 0 Å². The minimum Gasteiger partial charge on any atom is -0.339 e. The van der Waals surface area contributed by atoms with Crippen LogP contribution in [-0.4, -0.2) is 38.9 Å². The Hall–Kier alpha value is -1.18. The van der Waals surface area contributed by atoms with Crippen LogP contribution in [0.1, 0.15) is 32.1 Å². The lowest BCUT2D eigenvalue weighted by Gasteiger charge is -2.33. The van der Waals surface area contributed by atoms with Crippen molar-refractivity contribution in [3.05, 3.63) is 29.2 Å². The molecule has 1 aromatic rings. The first-order valence-corrected chi connectivity index (χ1v) is 10.4. The number of nitrogens with one attached hydrogen (secondary N) is 1. The summed E-state index contributed by atoms with van der Waals surface area (Å²) in [7, 11) is -3.42. The highest BCUT2D eigenvalue weighted by atomic mass is 32.2. The van der Waals surface area contributed by atoms with Gasteiger partial charge in [0.05, 0.1) is 0 Å². The number of carbonyl (C=O) groups is 1. The molecule has 1 N–H and O–H groups in total. The molecule has 0 bridgehead atoms. The van der Waals surface area contributed by atoms with Gasteiger partial charge in [-0.15, -0.1) is 11.3 Å². The molecule has 23 heavy (non-hydrogen) atoms. The lowest BCUT2D eigenvalue weighted by molar-refractivity contribution is -0.128. The summed E-state index contributed by atoms with van der Waals surface area (Å²) >= 11 is 1.22. The van der Waals surface area contributed by atoms with Gasteiger partial charge in [0, 0.05) is 25.2 Å². The molecule has 1 saturated heterocycles. The van der Waals surface area contributed by atoms with E-state index in [0.29, 0.717) is 17.3 Å². The Bertz CT molecular complexity index is 680. The van der Waals surface area contributed by atoms with Crippen molar-refractivity contribution >= 4 is 27.3 Å². The van der Waals surface area contributed by atoms with E-state index in [9.17, 15) is 13.2 Å². The number of likely N-dealkylation sites (tertiary alicyclic amines) is 1. The first kappa shape index (κ1) is 16.7. The Kier molecular flexibility index (Phi) is 5.18. The Labute approximate surface area is 141 Å². The van der Waals surface area contributed by atoms with Crippen LogP contribution >= 0.6 is 11.3 Å². The van der Waals surface area contributed by atoms with Gasteiger partial charge in [-0.25, -0.2) is 13.1 Å². The second-order valence-corrected chi connectivity index (χ2v) is 9.11. The van der Waals surface area contributed by atoms with E-state index >= 15 is 0 Å². The standard InChI is InChI=1S/C16H22N2O3S2/c19-16(14-6-1-2-7-14)18-9-3-5-13(12-18)11-17-23(20,21)15-8-4-10-22-15/h4,6,8,10,13,17H,1-3,5,7,9,11-12H2/t13-/m1/s1. The van der Waals surface area contributed by atoms with Gasteiger partial charge in [-0.1, -0.05) is 12.1 Å². The molecule has 1 aromatic heterocycles. The average Bonchev–Trinajstić information content (AvgIpc) is 3.25. The second kappa shape index (κ2) is 7.15. The molecule has 2 aliphatic rings. The number of amides is 1. The molecule has 0 aromatic carbocycles. The zero-order valence-electron chi connectivity index (χ0n) is 13.0. The van der Waals surface area contributed by atoms with Gasteiger partial charge in [-0.3, -0.25) is 4.79 Å². The minimum atomic E-state index is -3.42. The molecule has 7 heteroatoms. The van der Waals surface area contributed by atoms with Crippen molar-refractivity contribution in [2.75, 3.05) is 19.6 Å². The molecule has 0 unspecified atom stereocenters. The number of sulfonamides is 1. The van der Waals surface area contributed by atoms with E-state index in [1.165, 1.54) is 11.3 Å². The molecular formula is C16H22N2O3S2. The van der Waals surface area contributed by atoms with Crippen molar-refractivity contribution in [2.24, 2.45) is 5.92 Å². The summed E-state index contributed by atoms with van der Waals surface area (Å²) in [5, 5.41) is 1.75. The quantitative estimate of drug-likeness (QED) is 0.883. The van der Waals surface area contributed by atoms with Crippen LogP contribution in [0.25, 0.3) is 0 Å². The summed E-state index contributed by atoms with van der Waals surface area (Å²) in [5.74, 6) is 0.331. The van der Waals surface area contributed by atoms with Crippen molar-refractivity contribution in [2.45, 2.75) is 36.3 Å². The van der Waals surface area contributed by atoms with E-state index in [1.807, 2.05) is 11.0 Å². The molecule has 126 valence electrons. The predicted octanol–water partition coefficient (Wildman–Crippen LogP) is 2.38. The number of rotatable bonds is 5. The number of nitrogens with zero attached hydrogens (tertiary/aromatic N) is 1. The molecule has 3 rings (SSSR count). The van der Waals surface area contributed by atoms with E-state index in [4.69, 9.17) is 0 Å². The van der Waals surface area contributed by atoms with Crippen LogP contribution in [0.3, 0.4) is 0 Å². The van der Waals surface area contributed by atoms with Gasteiger partial charge in [-0.2, -0.15) is 0 Å². The summed E-state index contributed by atoms with van der Waals surface area (Å²) in [6.07, 6.45) is 6.88. The lowest BCUT2D eigenvalue weighted by atomic mass is 9.97. The smallest absolute Gasteiger partial charge is 0.250 e. The van der Waals surface area contributed by atoms with Crippen molar-refractivity contribution < 1.29 is 13.2 Å². The topological polar surface area (TPSA) is 66.5 Å². The fourth-order valence-electron chi connectivity index (χ4n) is 3.20. The molecule has 5 nitrogen and oxygen atoms in total. The van der Waals surface area contributed by atoms with Crippen LogP contribution in [0.15, 0.2) is 33.4 Å². The van der Waals surface area contributed by atoms with Crippen molar-refractivity contribution in [3.8, 4) is 0 Å². The largest absolute Gasteiger partial charge is 0.339 e. The van der Waals surface area contributed by atoms with Gasteiger partial charge in [0.1, 0.15) is 4.21 Å². The monoisotopic (exact) mass is 354 g/mol. The van der Waals surface area contributed by atoms with Crippen molar-refractivity contribution in [1.29, 1.82) is 0 Å². The third kappa shape index (κ3) is 4.02. The van der Waals surface area contributed by atoms with Gasteiger partial charge in [0.15, 0.2) is 0 Å². The van der Waals surface area contributed by atoms with Gasteiger partial charge in [0.25, 0.3) is 0 Å².